The summed E-state index contributed by atoms with van der Waals surface area (Å²) in [7, 11) is 1.59. The molecule has 1 aliphatic heterocycles. The van der Waals surface area contributed by atoms with Gasteiger partial charge in [-0.25, -0.2) is 4.79 Å². The van der Waals surface area contributed by atoms with Crippen LogP contribution in [0.5, 0.6) is 0 Å². The van der Waals surface area contributed by atoms with Gasteiger partial charge < -0.3 is 9.47 Å². The molecule has 0 aromatic heterocycles. The van der Waals surface area contributed by atoms with Gasteiger partial charge in [0.15, 0.2) is 6.10 Å². The summed E-state index contributed by atoms with van der Waals surface area (Å²) in [6.45, 7) is 2.25. The molecule has 19 heavy (non-hydrogen) atoms. The lowest BCUT2D eigenvalue weighted by molar-refractivity contribution is -0.139. The number of carbonyl (C=O) groups excluding carboxylic acids is 1. The number of methoxy groups -OCH3 is 1. The minimum atomic E-state index is -0.266. The Morgan fingerprint density at radius 1 is 1.05 bits per heavy atom. The van der Waals surface area contributed by atoms with Gasteiger partial charge in [-0.15, -0.1) is 0 Å². The number of hydrogen-bond acceptors (Lipinski definition) is 3. The molecular weight excluding hydrogens is 240 g/mol. The number of unbranched alkanes of at least 4 members (excludes halogenated alkanes) is 8. The average Bonchev–Trinajstić information content (AvgIpc) is 2.77. The molecule has 0 fully saturated rings. The topological polar surface area (TPSA) is 35.5 Å². The molecule has 0 aromatic rings. The molecule has 0 radical (unpaired) electrons. The molecule has 0 bridgehead atoms. The summed E-state index contributed by atoms with van der Waals surface area (Å²) in [5, 5.41) is 0. The van der Waals surface area contributed by atoms with Crippen LogP contribution >= 0.6 is 0 Å². The molecule has 1 heterocycles. The standard InChI is InChI=1S/C16H28O3/c1-3-4-5-6-7-8-9-10-11-12-14-15(18-2)13-16(17)19-14/h13-14H,3-12H2,1-2H3. The van der Waals surface area contributed by atoms with Crippen molar-refractivity contribution < 1.29 is 14.3 Å². The highest BCUT2D eigenvalue weighted by atomic mass is 16.6. The van der Waals surface area contributed by atoms with Crippen molar-refractivity contribution in [3.8, 4) is 0 Å². The Kier molecular flexibility index (Phi) is 8.35. The smallest absolute Gasteiger partial charge is 0.335 e. The Hall–Kier alpha value is -0.990. The third kappa shape index (κ3) is 6.65. The fourth-order valence-corrected chi connectivity index (χ4v) is 2.47. The van der Waals surface area contributed by atoms with Crippen LogP contribution in [0.3, 0.4) is 0 Å². The Balaban J connectivity index is 1.94. The van der Waals surface area contributed by atoms with Gasteiger partial charge in [-0.05, 0) is 12.8 Å². The molecule has 3 nitrogen and oxygen atoms in total. The Bertz CT molecular complexity index is 284. The fourth-order valence-electron chi connectivity index (χ4n) is 2.47. The van der Waals surface area contributed by atoms with Gasteiger partial charge in [0, 0.05) is 0 Å². The van der Waals surface area contributed by atoms with Gasteiger partial charge in [-0.2, -0.15) is 0 Å². The highest BCUT2D eigenvalue weighted by Gasteiger charge is 2.26. The molecular formula is C16H28O3. The van der Waals surface area contributed by atoms with E-state index >= 15 is 0 Å². The lowest BCUT2D eigenvalue weighted by Gasteiger charge is -2.12. The van der Waals surface area contributed by atoms with Crippen LogP contribution in [0.1, 0.15) is 71.1 Å². The summed E-state index contributed by atoms with van der Waals surface area (Å²) in [6.07, 6.45) is 14.0. The SMILES string of the molecule is CCCCCCCCCCCC1OC(=O)C=C1OC. The van der Waals surface area contributed by atoms with Crippen LogP contribution in [0.25, 0.3) is 0 Å². The van der Waals surface area contributed by atoms with Gasteiger partial charge in [-0.3, -0.25) is 0 Å². The first kappa shape index (κ1) is 16.1. The maximum Gasteiger partial charge on any atom is 0.335 e. The van der Waals surface area contributed by atoms with Crippen LogP contribution in [-0.2, 0) is 14.3 Å². The predicted molar refractivity (Wildman–Crippen MR) is 76.8 cm³/mol. The van der Waals surface area contributed by atoms with Crippen LogP contribution in [0, 0.1) is 0 Å². The summed E-state index contributed by atoms with van der Waals surface area (Å²) in [6, 6.07) is 0. The number of carbonyl (C=O) groups is 1. The minimum Gasteiger partial charge on any atom is -0.497 e. The van der Waals surface area contributed by atoms with E-state index in [0.717, 1.165) is 12.8 Å². The first-order chi connectivity index (χ1) is 9.27. The van der Waals surface area contributed by atoms with Crippen molar-refractivity contribution in [1.29, 1.82) is 0 Å². The van der Waals surface area contributed by atoms with E-state index in [1.165, 1.54) is 57.4 Å². The third-order valence-corrected chi connectivity index (χ3v) is 3.64. The van der Waals surface area contributed by atoms with E-state index in [2.05, 4.69) is 6.92 Å². The first-order valence-corrected chi connectivity index (χ1v) is 7.74. The molecule has 1 unspecified atom stereocenters. The summed E-state index contributed by atoms with van der Waals surface area (Å²) < 4.78 is 10.3. The van der Waals surface area contributed by atoms with Crippen molar-refractivity contribution in [2.45, 2.75) is 77.2 Å². The second-order valence-corrected chi connectivity index (χ2v) is 5.29. The molecule has 0 aromatic carbocycles. The van der Waals surface area contributed by atoms with Gasteiger partial charge in [0.25, 0.3) is 0 Å². The second kappa shape index (κ2) is 9.88. The summed E-state index contributed by atoms with van der Waals surface area (Å²) >= 11 is 0. The Morgan fingerprint density at radius 2 is 1.63 bits per heavy atom. The molecule has 0 amide bonds. The summed E-state index contributed by atoms with van der Waals surface area (Å²) in [5.74, 6) is 0.419. The second-order valence-electron chi connectivity index (χ2n) is 5.29. The van der Waals surface area contributed by atoms with Crippen molar-refractivity contribution in [3.63, 3.8) is 0 Å². The fraction of sp³-hybridized carbons (Fsp3) is 0.812. The lowest BCUT2D eigenvalue weighted by Crippen LogP contribution is -2.12. The number of rotatable bonds is 11. The highest BCUT2D eigenvalue weighted by molar-refractivity contribution is 5.85. The summed E-state index contributed by atoms with van der Waals surface area (Å²) in [4.78, 5) is 11.1. The van der Waals surface area contributed by atoms with E-state index in [9.17, 15) is 4.79 Å². The zero-order valence-electron chi connectivity index (χ0n) is 12.5. The minimum absolute atomic E-state index is 0.137. The van der Waals surface area contributed by atoms with E-state index in [1.807, 2.05) is 0 Å². The molecule has 0 N–H and O–H groups in total. The van der Waals surface area contributed by atoms with Gasteiger partial charge in [0.2, 0.25) is 0 Å². The zero-order chi connectivity index (χ0) is 13.9. The van der Waals surface area contributed by atoms with E-state index < -0.39 is 0 Å². The number of cyclic esters (lactones) is 1. The predicted octanol–water partition coefficient (Wildman–Crippen LogP) is 4.36. The van der Waals surface area contributed by atoms with Crippen LogP contribution in [0.15, 0.2) is 11.8 Å². The quantitative estimate of drug-likeness (QED) is 0.412. The maximum atomic E-state index is 11.1. The molecule has 1 aliphatic rings. The van der Waals surface area contributed by atoms with Gasteiger partial charge in [-0.1, -0.05) is 58.3 Å². The van der Waals surface area contributed by atoms with Crippen molar-refractivity contribution in [2.75, 3.05) is 7.11 Å². The molecule has 3 heteroatoms. The molecule has 1 rings (SSSR count). The number of ether oxygens (including phenoxy) is 2. The molecule has 1 atom stereocenters. The number of hydrogen-bond donors (Lipinski definition) is 0. The Morgan fingerprint density at radius 3 is 2.21 bits per heavy atom. The van der Waals surface area contributed by atoms with Crippen molar-refractivity contribution in [3.05, 3.63) is 11.8 Å². The lowest BCUT2D eigenvalue weighted by atomic mass is 10.0. The number of esters is 1. The van der Waals surface area contributed by atoms with Gasteiger partial charge in [0.1, 0.15) is 5.76 Å². The largest absolute Gasteiger partial charge is 0.497 e. The maximum absolute atomic E-state index is 11.1. The van der Waals surface area contributed by atoms with Crippen LogP contribution in [0.4, 0.5) is 0 Å². The molecule has 0 saturated carbocycles. The van der Waals surface area contributed by atoms with Crippen LogP contribution < -0.4 is 0 Å². The van der Waals surface area contributed by atoms with E-state index in [1.54, 1.807) is 7.11 Å². The van der Waals surface area contributed by atoms with E-state index in [0.29, 0.717) is 5.76 Å². The molecule has 0 spiro atoms. The van der Waals surface area contributed by atoms with E-state index in [4.69, 9.17) is 9.47 Å². The highest BCUT2D eigenvalue weighted by Crippen LogP contribution is 2.22. The molecule has 110 valence electrons. The van der Waals surface area contributed by atoms with Gasteiger partial charge >= 0.3 is 5.97 Å². The van der Waals surface area contributed by atoms with E-state index in [-0.39, 0.29) is 12.1 Å². The average molecular weight is 268 g/mol. The molecule has 0 aliphatic carbocycles. The van der Waals surface area contributed by atoms with Crippen molar-refractivity contribution >= 4 is 5.97 Å². The van der Waals surface area contributed by atoms with Crippen LogP contribution in [-0.4, -0.2) is 19.2 Å². The zero-order valence-corrected chi connectivity index (χ0v) is 12.5. The summed E-state index contributed by atoms with van der Waals surface area (Å²) in [5.41, 5.74) is 0. The van der Waals surface area contributed by atoms with Crippen LogP contribution in [0.2, 0.25) is 0 Å². The Labute approximate surface area is 117 Å². The molecule has 0 saturated heterocycles. The first-order valence-electron chi connectivity index (χ1n) is 7.74. The monoisotopic (exact) mass is 268 g/mol. The van der Waals surface area contributed by atoms with Gasteiger partial charge in [0.05, 0.1) is 13.2 Å². The third-order valence-electron chi connectivity index (χ3n) is 3.64. The van der Waals surface area contributed by atoms with Crippen molar-refractivity contribution in [1.82, 2.24) is 0 Å². The van der Waals surface area contributed by atoms with Crippen molar-refractivity contribution in [2.24, 2.45) is 0 Å². The normalized spacial score (nSPS) is 18.3.